The van der Waals surface area contributed by atoms with Gasteiger partial charge in [-0.3, -0.25) is 9.59 Å². The van der Waals surface area contributed by atoms with Crippen molar-refractivity contribution in [2.45, 2.75) is 47.0 Å². The molecule has 1 saturated heterocycles. The number of allylic oxidation sites excluding steroid dienone is 1. The number of rotatable bonds is 3. The Labute approximate surface area is 188 Å². The van der Waals surface area contributed by atoms with Crippen LogP contribution in [0.4, 0.5) is 14.5 Å². The molecular weight excluding hydrogens is 412 g/mol. The quantitative estimate of drug-likeness (QED) is 0.468. The van der Waals surface area contributed by atoms with Gasteiger partial charge in [-0.25, -0.2) is 8.78 Å². The molecule has 0 spiro atoms. The van der Waals surface area contributed by atoms with Gasteiger partial charge in [0, 0.05) is 18.9 Å². The molecule has 0 aromatic heterocycles. The minimum Gasteiger partial charge on any atom is -0.465 e. The summed E-state index contributed by atoms with van der Waals surface area (Å²) in [6, 6.07) is 11.4. The van der Waals surface area contributed by atoms with E-state index in [4.69, 9.17) is 4.74 Å². The zero-order chi connectivity index (χ0) is 23.9. The van der Waals surface area contributed by atoms with Crippen molar-refractivity contribution >= 4 is 17.6 Å². The molecule has 2 fully saturated rings. The van der Waals surface area contributed by atoms with Crippen molar-refractivity contribution in [2.24, 2.45) is 11.3 Å². The van der Waals surface area contributed by atoms with Crippen LogP contribution in [0.15, 0.2) is 54.6 Å². The minimum atomic E-state index is -0.773. The second-order valence-corrected chi connectivity index (χ2v) is 8.05. The lowest BCUT2D eigenvalue weighted by molar-refractivity contribution is -0.146. The van der Waals surface area contributed by atoms with E-state index < -0.39 is 11.6 Å². The van der Waals surface area contributed by atoms with Gasteiger partial charge >= 0.3 is 5.97 Å². The fourth-order valence-corrected chi connectivity index (χ4v) is 4.11. The summed E-state index contributed by atoms with van der Waals surface area (Å²) >= 11 is 0. The van der Waals surface area contributed by atoms with Crippen molar-refractivity contribution in [3.63, 3.8) is 0 Å². The van der Waals surface area contributed by atoms with Gasteiger partial charge in [0.25, 0.3) is 0 Å². The molecule has 4 nitrogen and oxygen atoms in total. The van der Waals surface area contributed by atoms with Crippen LogP contribution in [0.25, 0.3) is 0 Å². The molecule has 0 bridgehead atoms. The van der Waals surface area contributed by atoms with Gasteiger partial charge in [-0.15, -0.1) is 0 Å². The average Bonchev–Trinajstić information content (AvgIpc) is 3.21. The van der Waals surface area contributed by atoms with Crippen molar-refractivity contribution in [1.29, 1.82) is 0 Å². The normalized spacial score (nSPS) is 20.9. The lowest BCUT2D eigenvalue weighted by Crippen LogP contribution is -2.31. The number of fused-ring (bicyclic) bond motifs is 1. The lowest BCUT2D eigenvalue weighted by Gasteiger charge is -2.24. The summed E-state index contributed by atoms with van der Waals surface area (Å²) in [5, 5.41) is 2.22. The maximum Gasteiger partial charge on any atom is 0.313 e. The third kappa shape index (κ3) is 6.02. The SMILES string of the molecule is C=C1CC2COC(=O)C2(Cc2ccc(C)cc2)C1.CC.CC(=O)Nc1ccc(F)cc1F. The second kappa shape index (κ2) is 11.0. The van der Waals surface area contributed by atoms with Crippen LogP contribution in [0.1, 0.15) is 44.7 Å². The van der Waals surface area contributed by atoms with Crippen LogP contribution in [-0.2, 0) is 20.7 Å². The minimum absolute atomic E-state index is 0.0103. The first kappa shape index (κ1) is 25.2. The Morgan fingerprint density at radius 3 is 2.44 bits per heavy atom. The molecule has 1 N–H and O–H groups in total. The number of hydrogen-bond donors (Lipinski definition) is 1. The number of carbonyl (C=O) groups excluding carboxylic acids is 2. The number of halogens is 2. The van der Waals surface area contributed by atoms with Crippen LogP contribution in [0.2, 0.25) is 0 Å². The van der Waals surface area contributed by atoms with Crippen LogP contribution in [0.3, 0.4) is 0 Å². The van der Waals surface area contributed by atoms with E-state index >= 15 is 0 Å². The zero-order valence-corrected chi connectivity index (χ0v) is 19.1. The van der Waals surface area contributed by atoms with Crippen LogP contribution in [-0.4, -0.2) is 18.5 Å². The third-order valence-electron chi connectivity index (χ3n) is 5.59. The maximum atomic E-state index is 12.8. The van der Waals surface area contributed by atoms with E-state index in [0.29, 0.717) is 18.6 Å². The van der Waals surface area contributed by atoms with E-state index in [0.717, 1.165) is 25.3 Å². The van der Waals surface area contributed by atoms with E-state index in [9.17, 15) is 18.4 Å². The summed E-state index contributed by atoms with van der Waals surface area (Å²) in [5.41, 5.74) is 3.33. The summed E-state index contributed by atoms with van der Waals surface area (Å²) in [7, 11) is 0. The first-order chi connectivity index (χ1) is 15.2. The highest BCUT2D eigenvalue weighted by Gasteiger charge is 2.55. The van der Waals surface area contributed by atoms with Gasteiger partial charge in [-0.05, 0) is 43.9 Å². The zero-order valence-electron chi connectivity index (χ0n) is 19.1. The number of anilines is 1. The summed E-state index contributed by atoms with van der Waals surface area (Å²) in [5.74, 6) is -1.52. The molecule has 1 aliphatic heterocycles. The van der Waals surface area contributed by atoms with Gasteiger partial charge in [0.1, 0.15) is 11.6 Å². The highest BCUT2D eigenvalue weighted by Crippen LogP contribution is 2.52. The Balaban J connectivity index is 0.000000227. The van der Waals surface area contributed by atoms with Gasteiger partial charge in [-0.1, -0.05) is 55.8 Å². The molecule has 172 valence electrons. The highest BCUT2D eigenvalue weighted by atomic mass is 19.1. The fraction of sp³-hybridized carbons (Fsp3) is 0.385. The predicted octanol–water partition coefficient (Wildman–Crippen LogP) is 6.00. The van der Waals surface area contributed by atoms with Gasteiger partial charge < -0.3 is 10.1 Å². The summed E-state index contributed by atoms with van der Waals surface area (Å²) in [4.78, 5) is 22.6. The van der Waals surface area contributed by atoms with Gasteiger partial charge in [0.2, 0.25) is 5.91 Å². The van der Waals surface area contributed by atoms with E-state index in [2.05, 4.69) is 43.1 Å². The second-order valence-electron chi connectivity index (χ2n) is 8.05. The van der Waals surface area contributed by atoms with Gasteiger partial charge in [0.15, 0.2) is 0 Å². The van der Waals surface area contributed by atoms with Gasteiger partial charge in [-0.2, -0.15) is 0 Å². The molecule has 1 aliphatic carbocycles. The Hall–Kier alpha value is -3.02. The largest absolute Gasteiger partial charge is 0.465 e. The molecule has 4 rings (SSSR count). The molecule has 1 saturated carbocycles. The van der Waals surface area contributed by atoms with Crippen molar-refractivity contribution < 1.29 is 23.1 Å². The van der Waals surface area contributed by atoms with Crippen LogP contribution in [0, 0.1) is 29.9 Å². The van der Waals surface area contributed by atoms with Crippen molar-refractivity contribution in [3.05, 3.63) is 77.4 Å². The van der Waals surface area contributed by atoms with Crippen molar-refractivity contribution in [1.82, 2.24) is 0 Å². The number of nitrogens with one attached hydrogen (secondary N) is 1. The molecule has 32 heavy (non-hydrogen) atoms. The Bertz CT molecular complexity index is 972. The number of amides is 1. The molecule has 1 heterocycles. The molecule has 2 aliphatic rings. The number of ether oxygens (including phenoxy) is 1. The van der Waals surface area contributed by atoms with Crippen LogP contribution in [0.5, 0.6) is 0 Å². The number of hydrogen-bond acceptors (Lipinski definition) is 3. The van der Waals surface area contributed by atoms with Crippen LogP contribution < -0.4 is 5.32 Å². The standard InChI is InChI=1S/C16H18O2.C8H7F2NO.C2H6/c1-11-3-5-13(6-4-11)9-16-8-12(2)7-14(16)10-18-15(16)17;1-5(12)11-8-3-2-6(9)4-7(8)10;1-2/h3-6,14H,2,7-10H2,1H3;2-4H,1H3,(H,11,12);1-2H3. The highest BCUT2D eigenvalue weighted by molar-refractivity contribution is 5.88. The molecule has 2 aromatic rings. The summed E-state index contributed by atoms with van der Waals surface area (Å²) < 4.78 is 30.4. The van der Waals surface area contributed by atoms with Crippen LogP contribution >= 0.6 is 0 Å². The molecule has 1 amide bonds. The van der Waals surface area contributed by atoms with E-state index in [1.165, 1.54) is 29.7 Å². The Morgan fingerprint density at radius 1 is 1.19 bits per heavy atom. The molecule has 2 unspecified atom stereocenters. The fourth-order valence-electron chi connectivity index (χ4n) is 4.11. The number of esters is 1. The lowest BCUT2D eigenvalue weighted by atomic mass is 9.75. The van der Waals surface area contributed by atoms with Gasteiger partial charge in [0.05, 0.1) is 17.7 Å². The van der Waals surface area contributed by atoms with E-state index in [-0.39, 0.29) is 23.0 Å². The number of aryl methyl sites for hydroxylation is 1. The molecule has 2 atom stereocenters. The topological polar surface area (TPSA) is 55.4 Å². The number of carbonyl (C=O) groups is 2. The first-order valence-electron chi connectivity index (χ1n) is 10.8. The smallest absolute Gasteiger partial charge is 0.313 e. The molecule has 6 heteroatoms. The Morgan fingerprint density at radius 2 is 1.84 bits per heavy atom. The predicted molar refractivity (Wildman–Crippen MR) is 122 cm³/mol. The number of benzene rings is 2. The number of cyclic esters (lactones) is 1. The molecular formula is C26H31F2NO3. The van der Waals surface area contributed by atoms with Crippen molar-refractivity contribution in [3.8, 4) is 0 Å². The summed E-state index contributed by atoms with van der Waals surface area (Å²) in [6.07, 6.45) is 2.53. The maximum absolute atomic E-state index is 12.8. The molecule has 0 radical (unpaired) electrons. The first-order valence-corrected chi connectivity index (χ1v) is 10.8. The third-order valence-corrected chi connectivity index (χ3v) is 5.59. The average molecular weight is 444 g/mol. The van der Waals surface area contributed by atoms with E-state index in [1.54, 1.807) is 0 Å². The Kier molecular flexibility index (Phi) is 8.70. The summed E-state index contributed by atoms with van der Waals surface area (Å²) in [6.45, 7) is 12.0. The molecule has 2 aromatic carbocycles. The van der Waals surface area contributed by atoms with E-state index in [1.807, 2.05) is 13.8 Å². The monoisotopic (exact) mass is 443 g/mol. The van der Waals surface area contributed by atoms with Crippen molar-refractivity contribution in [2.75, 3.05) is 11.9 Å².